The van der Waals surface area contributed by atoms with Crippen LogP contribution in [0.5, 0.6) is 0 Å². The summed E-state index contributed by atoms with van der Waals surface area (Å²) in [5.74, 6) is 2.21. The highest BCUT2D eigenvalue weighted by Crippen LogP contribution is 2.22. The predicted octanol–water partition coefficient (Wildman–Crippen LogP) is 2.83. The Bertz CT molecular complexity index is 561. The zero-order valence-corrected chi connectivity index (χ0v) is 14.9. The third-order valence-corrected chi connectivity index (χ3v) is 4.44. The summed E-state index contributed by atoms with van der Waals surface area (Å²) < 4.78 is 38.4. The van der Waals surface area contributed by atoms with E-state index in [0.717, 1.165) is 24.5 Å². The minimum Gasteiger partial charge on any atom is -0.356 e. The zero-order chi connectivity index (χ0) is 18.3. The molecule has 0 aromatic carbocycles. The van der Waals surface area contributed by atoms with Gasteiger partial charge in [-0.3, -0.25) is 0 Å². The van der Waals surface area contributed by atoms with Crippen molar-refractivity contribution < 1.29 is 13.2 Å². The van der Waals surface area contributed by atoms with Crippen molar-refractivity contribution in [1.29, 1.82) is 0 Å². The molecule has 0 radical (unpaired) electrons. The summed E-state index contributed by atoms with van der Waals surface area (Å²) in [6.45, 7) is 2.71. The monoisotopic (exact) mass is 360 g/mol. The van der Waals surface area contributed by atoms with Crippen LogP contribution in [0.4, 0.5) is 13.2 Å². The van der Waals surface area contributed by atoms with Crippen molar-refractivity contribution >= 4 is 5.96 Å². The predicted molar refractivity (Wildman–Crippen MR) is 90.2 cm³/mol. The summed E-state index contributed by atoms with van der Waals surface area (Å²) >= 11 is 0. The SMILES string of the molecule is Cc1nnc(CN=C(NCCCCC(F)(F)F)NC2CCCC2)n1C. The topological polar surface area (TPSA) is 67.1 Å². The molecular weight excluding hydrogens is 333 g/mol. The van der Waals surface area contributed by atoms with Crippen LogP contribution in [0.25, 0.3) is 0 Å². The second-order valence-corrected chi connectivity index (χ2v) is 6.51. The molecule has 1 heterocycles. The molecule has 0 bridgehead atoms. The first-order valence-corrected chi connectivity index (χ1v) is 8.81. The molecule has 2 rings (SSSR count). The van der Waals surface area contributed by atoms with Crippen LogP contribution < -0.4 is 10.6 Å². The van der Waals surface area contributed by atoms with Gasteiger partial charge in [0, 0.05) is 26.1 Å². The zero-order valence-electron chi connectivity index (χ0n) is 14.9. The molecule has 1 fully saturated rings. The standard InChI is InChI=1S/C16H27F3N6/c1-12-23-24-14(25(12)2)11-21-15(22-13-7-3-4-8-13)20-10-6-5-9-16(17,18)19/h13H,3-11H2,1-2H3,(H2,20,21,22). The highest BCUT2D eigenvalue weighted by Gasteiger charge is 2.25. The fraction of sp³-hybridized carbons (Fsp3) is 0.812. The molecule has 0 atom stereocenters. The number of aliphatic imine (C=N–C) groups is 1. The summed E-state index contributed by atoms with van der Waals surface area (Å²) in [7, 11) is 1.88. The van der Waals surface area contributed by atoms with Crippen molar-refractivity contribution in [3.8, 4) is 0 Å². The van der Waals surface area contributed by atoms with Crippen LogP contribution in [0.2, 0.25) is 0 Å². The van der Waals surface area contributed by atoms with Crippen LogP contribution in [-0.4, -0.2) is 39.5 Å². The lowest BCUT2D eigenvalue weighted by Gasteiger charge is -2.17. The molecule has 2 N–H and O–H groups in total. The van der Waals surface area contributed by atoms with Gasteiger partial charge >= 0.3 is 6.18 Å². The maximum Gasteiger partial charge on any atom is 0.389 e. The number of nitrogens with zero attached hydrogens (tertiary/aromatic N) is 4. The summed E-state index contributed by atoms with van der Waals surface area (Å²) in [6, 6.07) is 0.377. The molecule has 0 amide bonds. The van der Waals surface area contributed by atoms with Crippen molar-refractivity contribution in [3.63, 3.8) is 0 Å². The van der Waals surface area contributed by atoms with Gasteiger partial charge in [-0.1, -0.05) is 12.8 Å². The van der Waals surface area contributed by atoms with E-state index in [4.69, 9.17) is 0 Å². The molecule has 0 spiro atoms. The number of aryl methyl sites for hydroxylation is 1. The lowest BCUT2D eigenvalue weighted by molar-refractivity contribution is -0.135. The fourth-order valence-electron chi connectivity index (χ4n) is 2.81. The van der Waals surface area contributed by atoms with Crippen LogP contribution in [0, 0.1) is 6.92 Å². The Morgan fingerprint density at radius 1 is 1.24 bits per heavy atom. The Hall–Kier alpha value is -1.80. The Kier molecular flexibility index (Phi) is 7.07. The van der Waals surface area contributed by atoms with Gasteiger partial charge in [0.25, 0.3) is 0 Å². The summed E-state index contributed by atoms with van der Waals surface area (Å²) in [6.07, 6.45) is 0.328. The lowest BCUT2D eigenvalue weighted by atomic mass is 10.2. The van der Waals surface area contributed by atoms with Crippen molar-refractivity contribution in [3.05, 3.63) is 11.6 Å². The Morgan fingerprint density at radius 2 is 1.96 bits per heavy atom. The maximum atomic E-state index is 12.2. The van der Waals surface area contributed by atoms with E-state index in [0.29, 0.717) is 31.5 Å². The smallest absolute Gasteiger partial charge is 0.356 e. The maximum absolute atomic E-state index is 12.2. The second kappa shape index (κ2) is 9.05. The minimum absolute atomic E-state index is 0.121. The molecule has 1 aliphatic carbocycles. The molecule has 142 valence electrons. The van der Waals surface area contributed by atoms with Gasteiger partial charge in [-0.25, -0.2) is 4.99 Å². The van der Waals surface area contributed by atoms with E-state index in [-0.39, 0.29) is 6.42 Å². The number of aromatic nitrogens is 3. The number of alkyl halides is 3. The number of halogens is 3. The average molecular weight is 360 g/mol. The third-order valence-electron chi connectivity index (χ3n) is 4.44. The molecule has 6 nitrogen and oxygen atoms in total. The normalized spacial score (nSPS) is 16.4. The molecule has 0 aliphatic heterocycles. The quantitative estimate of drug-likeness (QED) is 0.446. The number of guanidine groups is 1. The van der Waals surface area contributed by atoms with E-state index in [9.17, 15) is 13.2 Å². The average Bonchev–Trinajstić information content (AvgIpc) is 3.15. The van der Waals surface area contributed by atoms with E-state index in [2.05, 4.69) is 25.8 Å². The van der Waals surface area contributed by atoms with Gasteiger partial charge < -0.3 is 15.2 Å². The van der Waals surface area contributed by atoms with Gasteiger partial charge in [-0.05, 0) is 32.6 Å². The van der Waals surface area contributed by atoms with Crippen LogP contribution in [0.1, 0.15) is 56.6 Å². The van der Waals surface area contributed by atoms with Crippen molar-refractivity contribution in [2.24, 2.45) is 12.0 Å². The lowest BCUT2D eigenvalue weighted by Crippen LogP contribution is -2.42. The molecule has 0 saturated heterocycles. The van der Waals surface area contributed by atoms with Crippen molar-refractivity contribution in [2.75, 3.05) is 6.54 Å². The third kappa shape index (κ3) is 6.91. The van der Waals surface area contributed by atoms with E-state index >= 15 is 0 Å². The first kappa shape index (κ1) is 19.5. The van der Waals surface area contributed by atoms with Gasteiger partial charge in [0.15, 0.2) is 11.8 Å². The van der Waals surface area contributed by atoms with E-state index in [1.807, 2.05) is 18.5 Å². The van der Waals surface area contributed by atoms with Gasteiger partial charge in [0.05, 0.1) is 0 Å². The van der Waals surface area contributed by atoms with Gasteiger partial charge in [-0.2, -0.15) is 13.2 Å². The Balaban J connectivity index is 1.85. The van der Waals surface area contributed by atoms with Gasteiger partial charge in [0.2, 0.25) is 0 Å². The van der Waals surface area contributed by atoms with E-state index in [1.165, 1.54) is 12.8 Å². The van der Waals surface area contributed by atoms with Crippen LogP contribution in [-0.2, 0) is 13.6 Å². The molecule has 1 aromatic rings. The first-order chi connectivity index (χ1) is 11.8. The molecule has 25 heavy (non-hydrogen) atoms. The number of nitrogens with one attached hydrogen (secondary N) is 2. The molecular formula is C16H27F3N6. The van der Waals surface area contributed by atoms with Crippen LogP contribution >= 0.6 is 0 Å². The van der Waals surface area contributed by atoms with Crippen molar-refractivity contribution in [1.82, 2.24) is 25.4 Å². The minimum atomic E-state index is -4.08. The van der Waals surface area contributed by atoms with Crippen LogP contribution in [0.3, 0.4) is 0 Å². The summed E-state index contributed by atoms with van der Waals surface area (Å²) in [5.41, 5.74) is 0. The Morgan fingerprint density at radius 3 is 2.56 bits per heavy atom. The van der Waals surface area contributed by atoms with E-state index < -0.39 is 12.6 Å². The van der Waals surface area contributed by atoms with Crippen molar-refractivity contribution in [2.45, 2.75) is 70.6 Å². The highest BCUT2D eigenvalue weighted by atomic mass is 19.4. The summed E-state index contributed by atoms with van der Waals surface area (Å²) in [4.78, 5) is 4.53. The molecule has 0 unspecified atom stereocenters. The highest BCUT2D eigenvalue weighted by molar-refractivity contribution is 5.80. The number of hydrogen-bond donors (Lipinski definition) is 2. The number of hydrogen-bond acceptors (Lipinski definition) is 3. The molecule has 1 saturated carbocycles. The van der Waals surface area contributed by atoms with E-state index in [1.54, 1.807) is 0 Å². The van der Waals surface area contributed by atoms with Gasteiger partial charge in [-0.15, -0.1) is 10.2 Å². The first-order valence-electron chi connectivity index (χ1n) is 8.81. The number of unbranched alkanes of at least 4 members (excludes halogenated alkanes) is 1. The largest absolute Gasteiger partial charge is 0.389 e. The Labute approximate surface area is 146 Å². The van der Waals surface area contributed by atoms with Crippen LogP contribution in [0.15, 0.2) is 4.99 Å². The fourth-order valence-corrected chi connectivity index (χ4v) is 2.81. The van der Waals surface area contributed by atoms with Gasteiger partial charge in [0.1, 0.15) is 12.4 Å². The second-order valence-electron chi connectivity index (χ2n) is 6.51. The molecule has 1 aliphatic rings. The number of rotatable bonds is 7. The summed E-state index contributed by atoms with van der Waals surface area (Å²) in [5, 5.41) is 14.6. The molecule has 1 aromatic heterocycles. The molecule has 9 heteroatoms.